The van der Waals surface area contributed by atoms with Crippen LogP contribution in [-0.4, -0.2) is 25.8 Å². The first kappa shape index (κ1) is 22.8. The van der Waals surface area contributed by atoms with Crippen LogP contribution in [0.5, 0.6) is 0 Å². The van der Waals surface area contributed by atoms with Gasteiger partial charge in [-0.1, -0.05) is 23.9 Å². The van der Waals surface area contributed by atoms with E-state index in [2.05, 4.69) is 16.4 Å². The first-order valence-corrected chi connectivity index (χ1v) is 11.9. The van der Waals surface area contributed by atoms with Gasteiger partial charge in [0, 0.05) is 19.3 Å². The number of hydrogen-bond acceptors (Lipinski definition) is 6. The number of aromatic nitrogens is 3. The molecule has 1 amide bonds. The van der Waals surface area contributed by atoms with Crippen LogP contribution >= 0.6 is 23.1 Å². The molecule has 0 radical (unpaired) electrons. The van der Waals surface area contributed by atoms with E-state index < -0.39 is 0 Å². The molecule has 7 nitrogen and oxygen atoms in total. The van der Waals surface area contributed by atoms with E-state index >= 15 is 0 Å². The zero-order valence-electron chi connectivity index (χ0n) is 18.2. The van der Waals surface area contributed by atoms with E-state index in [1.807, 2.05) is 23.8 Å². The van der Waals surface area contributed by atoms with Crippen LogP contribution in [0, 0.1) is 31.0 Å². The van der Waals surface area contributed by atoms with Gasteiger partial charge in [-0.2, -0.15) is 5.26 Å². The fraction of sp³-hybridized carbons (Fsp3) is 0.217. The standard InChI is InChI=1S/C23H20FN5O2S2/c1-13-14(2)29(11-15-4-6-16(24)7-5-15)21(17(13)10-25)27-19(30)12-33-23-26-18-8-9-32-20(18)22(31)28(23)3/h4-9H,11-12H2,1-3H3,(H,27,30). The zero-order chi connectivity index (χ0) is 23.7. The number of nitrogens with zero attached hydrogens (tertiary/aromatic N) is 4. The normalized spacial score (nSPS) is 11.0. The second-order valence-corrected chi connectivity index (χ2v) is 9.35. The lowest BCUT2D eigenvalue weighted by atomic mass is 10.2. The van der Waals surface area contributed by atoms with Crippen LogP contribution in [0.15, 0.2) is 45.7 Å². The first-order chi connectivity index (χ1) is 15.8. The second-order valence-electron chi connectivity index (χ2n) is 7.49. The number of thioether (sulfide) groups is 1. The molecule has 0 aliphatic rings. The lowest BCUT2D eigenvalue weighted by Crippen LogP contribution is -2.21. The molecular formula is C23H20FN5O2S2. The molecule has 0 atom stereocenters. The molecule has 0 aliphatic heterocycles. The highest BCUT2D eigenvalue weighted by Gasteiger charge is 2.20. The zero-order valence-corrected chi connectivity index (χ0v) is 19.8. The summed E-state index contributed by atoms with van der Waals surface area (Å²) in [5.41, 5.74) is 3.30. The minimum atomic E-state index is -0.328. The molecule has 3 aromatic heterocycles. The van der Waals surface area contributed by atoms with E-state index in [0.29, 0.717) is 33.3 Å². The van der Waals surface area contributed by atoms with Crippen LogP contribution in [0.2, 0.25) is 0 Å². The van der Waals surface area contributed by atoms with Crippen molar-refractivity contribution in [1.29, 1.82) is 5.26 Å². The number of carbonyl (C=O) groups excluding carboxylic acids is 1. The van der Waals surface area contributed by atoms with E-state index in [1.165, 1.54) is 28.0 Å². The van der Waals surface area contributed by atoms with E-state index in [9.17, 15) is 19.2 Å². The second kappa shape index (κ2) is 9.21. The lowest BCUT2D eigenvalue weighted by Gasteiger charge is -2.13. The van der Waals surface area contributed by atoms with Gasteiger partial charge in [0.1, 0.15) is 22.4 Å². The minimum absolute atomic E-state index is 0.0145. The van der Waals surface area contributed by atoms with Gasteiger partial charge in [0.25, 0.3) is 5.56 Å². The fourth-order valence-corrected chi connectivity index (χ4v) is 5.07. The Morgan fingerprint density at radius 2 is 2.00 bits per heavy atom. The van der Waals surface area contributed by atoms with Crippen molar-refractivity contribution in [2.24, 2.45) is 7.05 Å². The molecule has 168 valence electrons. The number of hydrogen-bond donors (Lipinski definition) is 1. The highest BCUT2D eigenvalue weighted by molar-refractivity contribution is 7.99. The molecule has 4 aromatic rings. The lowest BCUT2D eigenvalue weighted by molar-refractivity contribution is -0.113. The average molecular weight is 482 g/mol. The molecule has 0 aliphatic carbocycles. The first-order valence-electron chi connectivity index (χ1n) is 10.0. The van der Waals surface area contributed by atoms with Crippen molar-refractivity contribution in [3.63, 3.8) is 0 Å². The monoisotopic (exact) mass is 481 g/mol. The summed E-state index contributed by atoms with van der Waals surface area (Å²) in [6, 6.07) is 10.0. The summed E-state index contributed by atoms with van der Waals surface area (Å²) in [6.07, 6.45) is 0. The SMILES string of the molecule is Cc1c(C#N)c(NC(=O)CSc2nc3ccsc3c(=O)n2C)n(Cc2ccc(F)cc2)c1C. The molecule has 0 fully saturated rings. The maximum Gasteiger partial charge on any atom is 0.271 e. The van der Waals surface area contributed by atoms with Crippen LogP contribution in [0.3, 0.4) is 0 Å². The van der Waals surface area contributed by atoms with E-state index in [1.54, 1.807) is 25.2 Å². The summed E-state index contributed by atoms with van der Waals surface area (Å²) in [6.45, 7) is 4.08. The third kappa shape index (κ3) is 4.42. The molecule has 0 bridgehead atoms. The predicted octanol–water partition coefficient (Wildman–Crippen LogP) is 4.20. The minimum Gasteiger partial charge on any atom is -0.326 e. The van der Waals surface area contributed by atoms with Crippen LogP contribution < -0.4 is 10.9 Å². The Morgan fingerprint density at radius 1 is 1.27 bits per heavy atom. The maximum absolute atomic E-state index is 13.3. The molecule has 0 saturated carbocycles. The smallest absolute Gasteiger partial charge is 0.271 e. The van der Waals surface area contributed by atoms with Crippen molar-refractivity contribution in [2.75, 3.05) is 11.1 Å². The number of fused-ring (bicyclic) bond motifs is 1. The van der Waals surface area contributed by atoms with Gasteiger partial charge in [0.05, 0.1) is 16.8 Å². The summed E-state index contributed by atoms with van der Waals surface area (Å²) in [5.74, 6) is -0.238. The van der Waals surface area contributed by atoms with Crippen LogP contribution in [-0.2, 0) is 18.4 Å². The van der Waals surface area contributed by atoms with Gasteiger partial charge in [0.15, 0.2) is 5.16 Å². The Labute approximate surface area is 197 Å². The van der Waals surface area contributed by atoms with Crippen molar-refractivity contribution in [3.8, 4) is 6.07 Å². The van der Waals surface area contributed by atoms with Gasteiger partial charge < -0.3 is 9.88 Å². The van der Waals surface area contributed by atoms with E-state index in [-0.39, 0.29) is 23.0 Å². The van der Waals surface area contributed by atoms with Gasteiger partial charge in [-0.15, -0.1) is 11.3 Å². The average Bonchev–Trinajstić information content (AvgIpc) is 3.35. The summed E-state index contributed by atoms with van der Waals surface area (Å²) in [5, 5.41) is 14.8. The van der Waals surface area contributed by atoms with Crippen molar-refractivity contribution < 1.29 is 9.18 Å². The third-order valence-corrected chi connectivity index (χ3v) is 7.35. The summed E-state index contributed by atoms with van der Waals surface area (Å²) < 4.78 is 17.1. The largest absolute Gasteiger partial charge is 0.326 e. The maximum atomic E-state index is 13.3. The molecule has 1 aromatic carbocycles. The third-order valence-electron chi connectivity index (χ3n) is 5.43. The van der Waals surface area contributed by atoms with Crippen LogP contribution in [0.25, 0.3) is 10.2 Å². The predicted molar refractivity (Wildman–Crippen MR) is 128 cm³/mol. The van der Waals surface area contributed by atoms with Gasteiger partial charge in [0.2, 0.25) is 5.91 Å². The van der Waals surface area contributed by atoms with Gasteiger partial charge in [-0.05, 0) is 48.6 Å². The highest BCUT2D eigenvalue weighted by atomic mass is 32.2. The number of rotatable bonds is 6. The summed E-state index contributed by atoms with van der Waals surface area (Å²) in [7, 11) is 1.63. The van der Waals surface area contributed by atoms with Crippen LogP contribution in [0.1, 0.15) is 22.4 Å². The molecule has 3 heterocycles. The Bertz CT molecular complexity index is 1460. The fourth-order valence-electron chi connectivity index (χ4n) is 3.50. The van der Waals surface area contributed by atoms with Crippen LogP contribution in [0.4, 0.5) is 10.2 Å². The number of halogens is 1. The molecule has 0 saturated heterocycles. The van der Waals surface area contributed by atoms with Crippen molar-refractivity contribution in [2.45, 2.75) is 25.5 Å². The molecule has 1 N–H and O–H groups in total. The Kier molecular flexibility index (Phi) is 6.35. The number of anilines is 1. The van der Waals surface area contributed by atoms with Crippen molar-refractivity contribution >= 4 is 45.0 Å². The van der Waals surface area contributed by atoms with E-state index in [0.717, 1.165) is 28.6 Å². The van der Waals surface area contributed by atoms with Gasteiger partial charge in [-0.3, -0.25) is 14.2 Å². The Balaban J connectivity index is 1.57. The highest BCUT2D eigenvalue weighted by Crippen LogP contribution is 2.28. The molecule has 0 unspecified atom stereocenters. The van der Waals surface area contributed by atoms with Gasteiger partial charge >= 0.3 is 0 Å². The number of carbonyl (C=O) groups is 1. The Hall–Kier alpha value is -3.42. The van der Waals surface area contributed by atoms with Crippen molar-refractivity contribution in [1.82, 2.24) is 14.1 Å². The Morgan fingerprint density at radius 3 is 2.70 bits per heavy atom. The molecular weight excluding hydrogens is 461 g/mol. The number of amides is 1. The molecule has 0 spiro atoms. The molecule has 4 rings (SSSR count). The summed E-state index contributed by atoms with van der Waals surface area (Å²) >= 11 is 2.49. The quantitative estimate of drug-likeness (QED) is 0.329. The number of nitriles is 1. The topological polar surface area (TPSA) is 92.7 Å². The van der Waals surface area contributed by atoms with E-state index in [4.69, 9.17) is 0 Å². The molecule has 33 heavy (non-hydrogen) atoms. The number of nitrogens with one attached hydrogen (secondary N) is 1. The number of benzene rings is 1. The molecule has 10 heteroatoms. The van der Waals surface area contributed by atoms with Gasteiger partial charge in [-0.25, -0.2) is 9.37 Å². The summed E-state index contributed by atoms with van der Waals surface area (Å²) in [4.78, 5) is 29.8. The number of thiophene rings is 1. The van der Waals surface area contributed by atoms with Crippen molar-refractivity contribution in [3.05, 3.63) is 74.3 Å².